The molecule has 1 heterocycles. The molecule has 1 aromatic heterocycles. The van der Waals surface area contributed by atoms with E-state index >= 15 is 0 Å². The second kappa shape index (κ2) is 8.18. The molecule has 144 valence electrons. The maximum atomic E-state index is 12.6. The van der Waals surface area contributed by atoms with Crippen molar-refractivity contribution in [2.75, 3.05) is 5.32 Å². The van der Waals surface area contributed by atoms with E-state index in [-0.39, 0.29) is 15.8 Å². The monoisotopic (exact) mass is 473 g/mol. The number of aryl methyl sites for hydroxylation is 1. The Morgan fingerprint density at radius 2 is 1.93 bits per heavy atom. The number of benzene rings is 2. The number of anilines is 1. The van der Waals surface area contributed by atoms with Gasteiger partial charge in [-0.15, -0.1) is 11.3 Å². The smallest absolute Gasteiger partial charge is 0.288 e. The van der Waals surface area contributed by atoms with Gasteiger partial charge in [0.25, 0.3) is 11.6 Å². The molecule has 0 unspecified atom stereocenters. The number of carbonyl (C=O) groups excluding carboxylic acids is 1. The predicted octanol–water partition coefficient (Wildman–Crippen LogP) is 6.20. The van der Waals surface area contributed by atoms with E-state index in [0.29, 0.717) is 26.2 Å². The van der Waals surface area contributed by atoms with Crippen LogP contribution in [0.2, 0.25) is 15.1 Å². The number of amides is 1. The summed E-state index contributed by atoms with van der Waals surface area (Å²) in [6.45, 7) is 1.66. The third kappa shape index (κ3) is 4.21. The Labute approximate surface area is 183 Å². The van der Waals surface area contributed by atoms with Crippen molar-refractivity contribution in [3.63, 3.8) is 0 Å². The van der Waals surface area contributed by atoms with Crippen molar-refractivity contribution in [3.05, 3.63) is 66.0 Å². The standard InChI is InChI=1S/C17H10Cl3N3O3S2/c1-7-4-12(23(25)26)10(19)6-11(7)21-17(27)22-16(24)15-14(20)9-3-2-8(18)5-13(9)28-15/h2-6H,1H3,(H2,21,22,24,27). The molecule has 2 aromatic carbocycles. The SMILES string of the molecule is Cc1cc([N+](=O)[O-])c(Cl)cc1NC(=S)NC(=O)c1sc2cc(Cl)ccc2c1Cl. The quantitative estimate of drug-likeness (QED) is 0.268. The Balaban J connectivity index is 1.79. The van der Waals surface area contributed by atoms with E-state index in [4.69, 9.17) is 47.0 Å². The molecule has 3 aromatic rings. The van der Waals surface area contributed by atoms with Gasteiger partial charge in [0, 0.05) is 26.9 Å². The molecule has 11 heteroatoms. The number of fused-ring (bicyclic) bond motifs is 1. The topological polar surface area (TPSA) is 84.3 Å². The number of carbonyl (C=O) groups is 1. The molecule has 0 bridgehead atoms. The Bertz CT molecular complexity index is 1150. The van der Waals surface area contributed by atoms with Crippen molar-refractivity contribution >= 4 is 90.8 Å². The molecule has 3 rings (SSSR count). The van der Waals surface area contributed by atoms with Crippen LogP contribution in [-0.4, -0.2) is 15.9 Å². The minimum absolute atomic E-state index is 0.00424. The zero-order valence-electron chi connectivity index (χ0n) is 14.0. The summed E-state index contributed by atoms with van der Waals surface area (Å²) in [4.78, 5) is 23.2. The minimum atomic E-state index is -0.574. The molecule has 2 N–H and O–H groups in total. The zero-order valence-corrected chi connectivity index (χ0v) is 17.9. The third-order valence-corrected chi connectivity index (χ3v) is 6.16. The molecule has 0 aliphatic rings. The maximum Gasteiger partial charge on any atom is 0.288 e. The number of nitro groups is 1. The van der Waals surface area contributed by atoms with E-state index in [2.05, 4.69) is 10.6 Å². The molecule has 0 aliphatic carbocycles. The Kier molecular flexibility index (Phi) is 6.07. The first-order valence-corrected chi connectivity index (χ1v) is 9.97. The van der Waals surface area contributed by atoms with Crippen LogP contribution in [0, 0.1) is 17.0 Å². The summed E-state index contributed by atoms with van der Waals surface area (Å²) in [7, 11) is 0. The van der Waals surface area contributed by atoms with Crippen molar-refractivity contribution in [3.8, 4) is 0 Å². The van der Waals surface area contributed by atoms with E-state index in [1.54, 1.807) is 25.1 Å². The van der Waals surface area contributed by atoms with Gasteiger partial charge in [0.2, 0.25) is 0 Å². The van der Waals surface area contributed by atoms with Crippen molar-refractivity contribution in [2.24, 2.45) is 0 Å². The van der Waals surface area contributed by atoms with Crippen LogP contribution in [0.3, 0.4) is 0 Å². The van der Waals surface area contributed by atoms with Gasteiger partial charge in [0.05, 0.1) is 9.95 Å². The normalized spacial score (nSPS) is 10.7. The highest BCUT2D eigenvalue weighted by Crippen LogP contribution is 2.36. The number of thiophene rings is 1. The minimum Gasteiger partial charge on any atom is -0.332 e. The first-order chi connectivity index (χ1) is 13.2. The summed E-state index contributed by atoms with van der Waals surface area (Å²) in [5.41, 5.74) is 0.771. The number of hydrogen-bond donors (Lipinski definition) is 2. The first-order valence-electron chi connectivity index (χ1n) is 7.61. The second-order valence-electron chi connectivity index (χ2n) is 5.67. The van der Waals surface area contributed by atoms with Crippen LogP contribution >= 0.6 is 58.4 Å². The van der Waals surface area contributed by atoms with Crippen molar-refractivity contribution < 1.29 is 9.72 Å². The lowest BCUT2D eigenvalue weighted by Gasteiger charge is -2.12. The summed E-state index contributed by atoms with van der Waals surface area (Å²) in [6.07, 6.45) is 0. The van der Waals surface area contributed by atoms with Gasteiger partial charge >= 0.3 is 0 Å². The van der Waals surface area contributed by atoms with Gasteiger partial charge in [-0.3, -0.25) is 20.2 Å². The van der Waals surface area contributed by atoms with E-state index in [1.807, 2.05) is 0 Å². The molecule has 0 aliphatic heterocycles. The second-order valence-corrected chi connectivity index (χ2v) is 8.35. The summed E-state index contributed by atoms with van der Waals surface area (Å²) in [6, 6.07) is 7.86. The van der Waals surface area contributed by atoms with E-state index in [0.717, 1.165) is 10.1 Å². The number of nitrogens with one attached hydrogen (secondary N) is 2. The molecule has 0 spiro atoms. The summed E-state index contributed by atoms with van der Waals surface area (Å²) >= 11 is 24.6. The van der Waals surface area contributed by atoms with Gasteiger partial charge < -0.3 is 5.32 Å². The average molecular weight is 475 g/mol. The van der Waals surface area contributed by atoms with Crippen LogP contribution in [0.5, 0.6) is 0 Å². The van der Waals surface area contributed by atoms with Crippen molar-refractivity contribution in [1.29, 1.82) is 0 Å². The Morgan fingerprint density at radius 1 is 1.21 bits per heavy atom. The zero-order chi connectivity index (χ0) is 20.6. The molecule has 0 fully saturated rings. The Morgan fingerprint density at radius 3 is 2.61 bits per heavy atom. The number of nitro benzene ring substituents is 1. The van der Waals surface area contributed by atoms with Crippen LogP contribution in [0.1, 0.15) is 15.2 Å². The van der Waals surface area contributed by atoms with Gasteiger partial charge in [-0.1, -0.05) is 40.9 Å². The van der Waals surface area contributed by atoms with E-state index < -0.39 is 10.8 Å². The fourth-order valence-electron chi connectivity index (χ4n) is 2.44. The molecular weight excluding hydrogens is 465 g/mol. The first kappa shape index (κ1) is 20.8. The number of thiocarbonyl (C=S) groups is 1. The number of halogens is 3. The molecule has 6 nitrogen and oxygen atoms in total. The van der Waals surface area contributed by atoms with Crippen molar-refractivity contribution in [2.45, 2.75) is 6.92 Å². The van der Waals surface area contributed by atoms with Gasteiger partial charge in [-0.2, -0.15) is 0 Å². The van der Waals surface area contributed by atoms with Gasteiger partial charge in [-0.25, -0.2) is 0 Å². The van der Waals surface area contributed by atoms with Crippen LogP contribution in [0.15, 0.2) is 30.3 Å². The largest absolute Gasteiger partial charge is 0.332 e. The van der Waals surface area contributed by atoms with Crippen molar-refractivity contribution in [1.82, 2.24) is 5.32 Å². The Hall–Kier alpha value is -1.97. The number of nitrogens with zero attached hydrogens (tertiary/aromatic N) is 1. The molecular formula is C17H10Cl3N3O3S2. The van der Waals surface area contributed by atoms with E-state index in [9.17, 15) is 14.9 Å². The molecule has 0 saturated carbocycles. The lowest BCUT2D eigenvalue weighted by Crippen LogP contribution is -2.34. The fraction of sp³-hybridized carbons (Fsp3) is 0.0588. The van der Waals surface area contributed by atoms with Crippen LogP contribution in [0.25, 0.3) is 10.1 Å². The van der Waals surface area contributed by atoms with Gasteiger partial charge in [0.1, 0.15) is 9.90 Å². The van der Waals surface area contributed by atoms with Gasteiger partial charge in [-0.05, 0) is 42.9 Å². The molecule has 0 saturated heterocycles. The number of rotatable bonds is 3. The molecule has 0 atom stereocenters. The average Bonchev–Trinajstić information content (AvgIpc) is 2.93. The maximum absolute atomic E-state index is 12.6. The summed E-state index contributed by atoms with van der Waals surface area (Å²) in [5.74, 6) is -0.481. The molecule has 0 radical (unpaired) electrons. The predicted molar refractivity (Wildman–Crippen MR) is 118 cm³/mol. The number of hydrogen-bond acceptors (Lipinski definition) is 5. The highest BCUT2D eigenvalue weighted by Gasteiger charge is 2.19. The molecule has 1 amide bonds. The van der Waals surface area contributed by atoms with E-state index in [1.165, 1.54) is 23.5 Å². The van der Waals surface area contributed by atoms with Crippen LogP contribution in [-0.2, 0) is 0 Å². The fourth-order valence-corrected chi connectivity index (χ4v) is 4.56. The summed E-state index contributed by atoms with van der Waals surface area (Å²) in [5, 5.41) is 17.8. The summed E-state index contributed by atoms with van der Waals surface area (Å²) < 4.78 is 0.777. The van der Waals surface area contributed by atoms with Crippen LogP contribution < -0.4 is 10.6 Å². The lowest BCUT2D eigenvalue weighted by atomic mass is 10.2. The van der Waals surface area contributed by atoms with Crippen LogP contribution in [0.4, 0.5) is 11.4 Å². The van der Waals surface area contributed by atoms with Gasteiger partial charge in [0.15, 0.2) is 5.11 Å². The third-order valence-electron chi connectivity index (χ3n) is 3.76. The lowest BCUT2D eigenvalue weighted by molar-refractivity contribution is -0.384. The molecule has 28 heavy (non-hydrogen) atoms. The highest BCUT2D eigenvalue weighted by atomic mass is 35.5. The highest BCUT2D eigenvalue weighted by molar-refractivity contribution is 7.80.